The van der Waals surface area contributed by atoms with Crippen LogP contribution in [-0.4, -0.2) is 32.3 Å². The number of hydrogen-bond acceptors (Lipinski definition) is 5. The summed E-state index contributed by atoms with van der Waals surface area (Å²) >= 11 is -0.498. The Morgan fingerprint density at radius 1 is 0.840 bits per heavy atom. The minimum Gasteiger partial charge on any atom is -0.497 e. The van der Waals surface area contributed by atoms with Crippen molar-refractivity contribution in [1.29, 1.82) is 0 Å². The maximum atomic E-state index is 12.2. The second-order valence-electron chi connectivity index (χ2n) is 4.88. The molecule has 0 aliphatic heterocycles. The molecule has 6 heteroatoms. The Morgan fingerprint density at radius 2 is 1.40 bits per heavy atom. The van der Waals surface area contributed by atoms with E-state index in [2.05, 4.69) is 0 Å². The Kier molecular flexibility index (Phi) is 7.24. The van der Waals surface area contributed by atoms with E-state index in [4.69, 9.17) is 14.2 Å². The van der Waals surface area contributed by atoms with E-state index in [0.29, 0.717) is 0 Å². The van der Waals surface area contributed by atoms with Crippen molar-refractivity contribution in [3.8, 4) is 5.75 Å². The third-order valence-electron chi connectivity index (χ3n) is 3.24. The first-order valence-electron chi connectivity index (χ1n) is 7.86. The number of hydrogen-bond donors (Lipinski definition) is 0. The first-order valence-corrected chi connectivity index (χ1v) is 10.0. The van der Waals surface area contributed by atoms with E-state index < -0.39 is 33.1 Å². The molecule has 0 fully saturated rings. The molecule has 0 aliphatic carbocycles. The highest BCUT2D eigenvalue weighted by atomic mass is 127. The zero-order chi connectivity index (χ0) is 18.2. The van der Waals surface area contributed by atoms with Crippen molar-refractivity contribution < 1.29 is 45.0 Å². The van der Waals surface area contributed by atoms with E-state index in [1.165, 1.54) is 3.57 Å². The zero-order valence-corrected chi connectivity index (χ0v) is 16.5. The van der Waals surface area contributed by atoms with E-state index in [1.807, 2.05) is 30.3 Å². The van der Waals surface area contributed by atoms with Crippen molar-refractivity contribution in [2.24, 2.45) is 0 Å². The van der Waals surface area contributed by atoms with Gasteiger partial charge in [-0.05, 0) is 50.2 Å². The second-order valence-corrected chi connectivity index (χ2v) is 7.91. The maximum absolute atomic E-state index is 12.2. The number of rotatable bonds is 7. The monoisotopic (exact) mass is 455 g/mol. The summed E-state index contributed by atoms with van der Waals surface area (Å²) in [5.74, 6) is -0.219. The summed E-state index contributed by atoms with van der Waals surface area (Å²) in [5, 5.41) is 0. The first-order chi connectivity index (χ1) is 12.1. The van der Waals surface area contributed by atoms with E-state index >= 15 is 0 Å². The summed E-state index contributed by atoms with van der Waals surface area (Å²) in [6.07, 6.45) is 0. The van der Waals surface area contributed by atoms with Crippen LogP contribution in [0.5, 0.6) is 5.75 Å². The average Bonchev–Trinajstić information content (AvgIpc) is 2.62. The number of halogens is 1. The van der Waals surface area contributed by atoms with Crippen LogP contribution in [0.4, 0.5) is 0 Å². The van der Waals surface area contributed by atoms with Gasteiger partial charge in [-0.25, -0.2) is 9.59 Å². The van der Waals surface area contributed by atoms with Gasteiger partial charge in [0.25, 0.3) is 0 Å². The van der Waals surface area contributed by atoms with E-state index in [0.717, 1.165) is 9.32 Å². The summed E-state index contributed by atoms with van der Waals surface area (Å²) in [6.45, 7) is 3.96. The number of carbonyl (C=O) groups is 2. The van der Waals surface area contributed by atoms with Crippen LogP contribution in [0.3, 0.4) is 0 Å². The van der Waals surface area contributed by atoms with Crippen LogP contribution in [0.25, 0.3) is 0 Å². The van der Waals surface area contributed by atoms with Crippen molar-refractivity contribution in [2.75, 3.05) is 20.3 Å². The molecule has 0 N–H and O–H groups in total. The molecule has 0 atom stereocenters. The van der Waals surface area contributed by atoms with Crippen LogP contribution in [0.2, 0.25) is 0 Å². The molecular formula is C19H20IO5+. The minimum absolute atomic E-state index is 0.239. The summed E-state index contributed by atoms with van der Waals surface area (Å²) in [5.41, 5.74) is 0.494. The number of esters is 2. The number of benzene rings is 2. The van der Waals surface area contributed by atoms with Crippen LogP contribution in [0.1, 0.15) is 34.6 Å². The van der Waals surface area contributed by atoms with Gasteiger partial charge in [-0.3, -0.25) is 0 Å². The Hall–Kier alpha value is -2.09. The lowest BCUT2D eigenvalue weighted by atomic mass is 10.1. The molecule has 2 rings (SSSR count). The molecule has 2 aromatic carbocycles. The highest BCUT2D eigenvalue weighted by Gasteiger charge is 2.24. The van der Waals surface area contributed by atoms with Gasteiger partial charge in [0.05, 0.1) is 31.5 Å². The molecule has 2 aromatic rings. The lowest BCUT2D eigenvalue weighted by molar-refractivity contribution is -0.597. The third kappa shape index (κ3) is 5.19. The Morgan fingerprint density at radius 3 is 1.96 bits per heavy atom. The molecule has 132 valence electrons. The van der Waals surface area contributed by atoms with Gasteiger partial charge in [-0.2, -0.15) is 0 Å². The van der Waals surface area contributed by atoms with Crippen molar-refractivity contribution in [1.82, 2.24) is 0 Å². The predicted octanol–water partition coefficient (Wildman–Crippen LogP) is 0.177. The van der Waals surface area contributed by atoms with Crippen molar-refractivity contribution in [3.63, 3.8) is 0 Å². The normalized spacial score (nSPS) is 10.2. The highest BCUT2D eigenvalue weighted by molar-refractivity contribution is 6.03. The van der Waals surface area contributed by atoms with E-state index in [-0.39, 0.29) is 24.3 Å². The topological polar surface area (TPSA) is 61.8 Å². The van der Waals surface area contributed by atoms with E-state index in [9.17, 15) is 9.59 Å². The number of methoxy groups -OCH3 is 1. The quantitative estimate of drug-likeness (QED) is 0.441. The molecule has 5 nitrogen and oxygen atoms in total. The molecule has 0 saturated carbocycles. The van der Waals surface area contributed by atoms with Gasteiger partial charge < -0.3 is 14.2 Å². The fourth-order valence-corrected chi connectivity index (χ4v) is 4.36. The second kappa shape index (κ2) is 9.41. The van der Waals surface area contributed by atoms with Gasteiger partial charge in [0.1, 0.15) is 5.75 Å². The molecule has 0 spiro atoms. The Labute approximate surface area is 157 Å². The summed E-state index contributed by atoms with van der Waals surface area (Å²) < 4.78 is 17.5. The Bertz CT molecular complexity index is 740. The van der Waals surface area contributed by atoms with Crippen LogP contribution in [0.15, 0.2) is 42.5 Å². The van der Waals surface area contributed by atoms with Crippen molar-refractivity contribution in [2.45, 2.75) is 13.8 Å². The molecule has 0 bridgehead atoms. The van der Waals surface area contributed by atoms with Gasteiger partial charge in [0.15, 0.2) is 7.14 Å². The number of carbonyl (C=O) groups excluding carboxylic acids is 2. The van der Waals surface area contributed by atoms with Gasteiger partial charge in [0.2, 0.25) is 0 Å². The van der Waals surface area contributed by atoms with Crippen LogP contribution in [-0.2, 0) is 9.47 Å². The summed E-state index contributed by atoms with van der Waals surface area (Å²) in [4.78, 5) is 24.3. The third-order valence-corrected chi connectivity index (χ3v) is 5.88. The maximum Gasteiger partial charge on any atom is 0.357 e. The van der Waals surface area contributed by atoms with Gasteiger partial charge >= 0.3 is 33.1 Å². The van der Waals surface area contributed by atoms with E-state index in [1.54, 1.807) is 33.1 Å². The Balaban J connectivity index is 2.31. The van der Waals surface area contributed by atoms with Crippen molar-refractivity contribution >= 4 is 11.9 Å². The molecule has 0 amide bonds. The standard InChI is InChI=1S/C19H20IO5/c1-4-24-18(21)16-11-8-14(12-17(16)19(22)25-5-2)20-13-6-9-15(23-3)10-7-13/h6-12H,4-5H2,1-3H3/q+1. The molecular weight excluding hydrogens is 435 g/mol. The molecule has 0 aliphatic rings. The summed E-state index contributed by atoms with van der Waals surface area (Å²) in [7, 11) is 1.63. The van der Waals surface area contributed by atoms with Gasteiger partial charge in [-0.1, -0.05) is 0 Å². The highest BCUT2D eigenvalue weighted by Crippen LogP contribution is 2.12. The molecule has 0 aromatic heterocycles. The fourth-order valence-electron chi connectivity index (χ4n) is 2.10. The lowest BCUT2D eigenvalue weighted by Gasteiger charge is -2.07. The SMILES string of the molecule is CCOC(=O)c1ccc([I+]c2ccc(OC)cc2)cc1C(=O)OCC. The van der Waals surface area contributed by atoms with Gasteiger partial charge in [0, 0.05) is 6.07 Å². The summed E-state index contributed by atoms with van der Waals surface area (Å²) in [6, 6.07) is 13.1. The van der Waals surface area contributed by atoms with Crippen LogP contribution < -0.4 is 25.9 Å². The first kappa shape index (κ1) is 19.2. The zero-order valence-electron chi connectivity index (χ0n) is 14.4. The van der Waals surface area contributed by atoms with Crippen LogP contribution in [0, 0.1) is 7.14 Å². The molecule has 0 heterocycles. The smallest absolute Gasteiger partial charge is 0.357 e. The largest absolute Gasteiger partial charge is 0.497 e. The van der Waals surface area contributed by atoms with Crippen molar-refractivity contribution in [3.05, 3.63) is 60.7 Å². The molecule has 0 unspecified atom stereocenters. The lowest BCUT2D eigenvalue weighted by Crippen LogP contribution is -3.61. The molecule has 25 heavy (non-hydrogen) atoms. The number of ether oxygens (including phenoxy) is 3. The predicted molar refractivity (Wildman–Crippen MR) is 88.7 cm³/mol. The fraction of sp³-hybridized carbons (Fsp3) is 0.263. The minimum atomic E-state index is -0.514. The van der Waals surface area contributed by atoms with Crippen LogP contribution >= 0.6 is 0 Å². The molecule has 0 radical (unpaired) electrons. The molecule has 0 saturated heterocycles. The van der Waals surface area contributed by atoms with Gasteiger partial charge in [-0.15, -0.1) is 0 Å². The average molecular weight is 455 g/mol.